The normalized spacial score (nSPS) is 12.8. The van der Waals surface area contributed by atoms with Gasteiger partial charge < -0.3 is 9.84 Å². The van der Waals surface area contributed by atoms with Gasteiger partial charge in [0, 0.05) is 18.6 Å². The lowest BCUT2D eigenvalue weighted by molar-refractivity contribution is -0.136. The number of rotatable bonds is 13. The van der Waals surface area contributed by atoms with Gasteiger partial charge in [-0.1, -0.05) is 29.4 Å². The Kier molecular flexibility index (Phi) is 14.6. The number of terminal acetylenes is 1. The van der Waals surface area contributed by atoms with E-state index in [0.29, 0.717) is 6.42 Å². The van der Waals surface area contributed by atoms with Crippen molar-refractivity contribution in [3.63, 3.8) is 0 Å². The van der Waals surface area contributed by atoms with Crippen LogP contribution in [0.3, 0.4) is 0 Å². The zero-order chi connectivity index (χ0) is 18.9. The highest BCUT2D eigenvalue weighted by Gasteiger charge is 2.08. The van der Waals surface area contributed by atoms with Crippen molar-refractivity contribution in [3.8, 4) is 12.3 Å². The van der Waals surface area contributed by atoms with E-state index in [9.17, 15) is 4.79 Å². The van der Waals surface area contributed by atoms with Gasteiger partial charge in [0.2, 0.25) is 0 Å². The zero-order valence-electron chi connectivity index (χ0n) is 16.1. The largest absolute Gasteiger partial charge is 0.466 e. The van der Waals surface area contributed by atoms with Crippen molar-refractivity contribution in [1.82, 2.24) is 0 Å². The van der Waals surface area contributed by atoms with Crippen LogP contribution >= 0.6 is 0 Å². The monoisotopic (exact) mass is 346 g/mol. The molecule has 0 heterocycles. The molecule has 0 saturated carbocycles. The highest BCUT2D eigenvalue weighted by atomic mass is 16.5. The van der Waals surface area contributed by atoms with E-state index >= 15 is 0 Å². The third kappa shape index (κ3) is 13.2. The summed E-state index contributed by atoms with van der Waals surface area (Å²) in [5, 5.41) is 8.81. The summed E-state index contributed by atoms with van der Waals surface area (Å²) >= 11 is 0. The topological polar surface area (TPSA) is 46.5 Å². The number of hydrogen-bond donors (Lipinski definition) is 1. The predicted octanol–water partition coefficient (Wildman–Crippen LogP) is 5.11. The first-order chi connectivity index (χ1) is 12.0. The number of carbonyl (C=O) groups excluding carboxylic acids is 1. The van der Waals surface area contributed by atoms with Crippen molar-refractivity contribution in [2.24, 2.45) is 0 Å². The predicted molar refractivity (Wildman–Crippen MR) is 105 cm³/mol. The van der Waals surface area contributed by atoms with Crippen LogP contribution in [0.2, 0.25) is 0 Å². The molecule has 0 fully saturated rings. The molecular formula is C22H34O3. The second kappa shape index (κ2) is 15.7. The van der Waals surface area contributed by atoms with Crippen LogP contribution in [-0.4, -0.2) is 24.8 Å². The molecule has 0 saturated heterocycles. The maximum atomic E-state index is 11.9. The Morgan fingerprint density at radius 2 is 1.64 bits per heavy atom. The standard InChI is InChI=1S/C22H34O3/c1-5-6-7-12-19(2)14-10-16-21(22(24)25-4)17-11-15-20(3)13-8-9-18-23/h1,12,15-16,23H,6-11,13-14,17-18H2,2-4H3/b19-12+,20-15+,21-16+. The van der Waals surface area contributed by atoms with Crippen molar-refractivity contribution in [2.75, 3.05) is 13.7 Å². The van der Waals surface area contributed by atoms with E-state index in [1.165, 1.54) is 18.3 Å². The minimum Gasteiger partial charge on any atom is -0.466 e. The number of aliphatic hydroxyl groups is 1. The molecule has 0 bridgehead atoms. The maximum absolute atomic E-state index is 11.9. The number of ether oxygens (including phenoxy) is 1. The molecule has 0 unspecified atom stereocenters. The molecule has 0 aliphatic rings. The van der Waals surface area contributed by atoms with Gasteiger partial charge in [0.25, 0.3) is 0 Å². The van der Waals surface area contributed by atoms with Gasteiger partial charge >= 0.3 is 5.97 Å². The molecule has 0 atom stereocenters. The number of aliphatic hydroxyl groups excluding tert-OH is 1. The first-order valence-corrected chi connectivity index (χ1v) is 9.18. The molecule has 0 radical (unpaired) electrons. The van der Waals surface area contributed by atoms with Crippen LogP contribution in [0.5, 0.6) is 0 Å². The molecule has 0 aromatic rings. The van der Waals surface area contributed by atoms with Gasteiger partial charge in [-0.05, 0) is 65.2 Å². The zero-order valence-corrected chi connectivity index (χ0v) is 16.1. The highest BCUT2D eigenvalue weighted by molar-refractivity contribution is 5.88. The Balaban J connectivity index is 4.45. The van der Waals surface area contributed by atoms with Crippen molar-refractivity contribution >= 4 is 5.97 Å². The Morgan fingerprint density at radius 3 is 2.28 bits per heavy atom. The minimum absolute atomic E-state index is 0.236. The smallest absolute Gasteiger partial charge is 0.333 e. The molecule has 0 spiro atoms. The number of unbranched alkanes of at least 4 members (excludes halogenated alkanes) is 2. The summed E-state index contributed by atoms with van der Waals surface area (Å²) in [4.78, 5) is 11.9. The summed E-state index contributed by atoms with van der Waals surface area (Å²) in [6, 6.07) is 0. The van der Waals surface area contributed by atoms with Gasteiger partial charge in [-0.25, -0.2) is 4.79 Å². The summed E-state index contributed by atoms with van der Waals surface area (Å²) in [7, 11) is 1.43. The van der Waals surface area contributed by atoms with E-state index in [0.717, 1.165) is 56.9 Å². The van der Waals surface area contributed by atoms with Crippen molar-refractivity contribution < 1.29 is 14.6 Å². The maximum Gasteiger partial charge on any atom is 0.333 e. The van der Waals surface area contributed by atoms with Gasteiger partial charge in [0.1, 0.15) is 0 Å². The van der Waals surface area contributed by atoms with Crippen LogP contribution in [0, 0.1) is 12.3 Å². The second-order valence-electron chi connectivity index (χ2n) is 6.32. The lowest BCUT2D eigenvalue weighted by Gasteiger charge is -2.06. The molecule has 3 nitrogen and oxygen atoms in total. The quantitative estimate of drug-likeness (QED) is 0.166. The first kappa shape index (κ1) is 23.2. The van der Waals surface area contributed by atoms with Crippen molar-refractivity contribution in [1.29, 1.82) is 0 Å². The van der Waals surface area contributed by atoms with Crippen LogP contribution in [0.1, 0.15) is 71.6 Å². The van der Waals surface area contributed by atoms with Crippen LogP contribution in [0.4, 0.5) is 0 Å². The lowest BCUT2D eigenvalue weighted by atomic mass is 10.0. The molecule has 140 valence electrons. The molecular weight excluding hydrogens is 312 g/mol. The van der Waals surface area contributed by atoms with E-state index in [1.807, 2.05) is 6.08 Å². The number of esters is 1. The molecule has 0 rings (SSSR count). The number of methoxy groups -OCH3 is 1. The number of hydrogen-bond acceptors (Lipinski definition) is 3. The minimum atomic E-state index is -0.236. The summed E-state index contributed by atoms with van der Waals surface area (Å²) < 4.78 is 4.89. The molecule has 0 amide bonds. The Labute approximate surface area is 153 Å². The van der Waals surface area contributed by atoms with E-state index in [4.69, 9.17) is 16.3 Å². The van der Waals surface area contributed by atoms with E-state index in [-0.39, 0.29) is 12.6 Å². The van der Waals surface area contributed by atoms with E-state index in [1.54, 1.807) is 0 Å². The molecule has 0 aromatic heterocycles. The van der Waals surface area contributed by atoms with Crippen LogP contribution < -0.4 is 0 Å². The van der Waals surface area contributed by atoms with Crippen LogP contribution in [0.15, 0.2) is 34.9 Å². The fourth-order valence-electron chi connectivity index (χ4n) is 2.49. The first-order valence-electron chi connectivity index (χ1n) is 9.18. The molecule has 0 aliphatic carbocycles. The third-order valence-corrected chi connectivity index (χ3v) is 4.04. The van der Waals surface area contributed by atoms with Gasteiger partial charge in [-0.2, -0.15) is 0 Å². The number of carbonyl (C=O) groups is 1. The van der Waals surface area contributed by atoms with Crippen molar-refractivity contribution in [3.05, 3.63) is 34.9 Å². The molecule has 3 heteroatoms. The number of allylic oxidation sites excluding steroid dienone is 5. The van der Waals surface area contributed by atoms with Crippen molar-refractivity contribution in [2.45, 2.75) is 71.6 Å². The Bertz CT molecular complexity index is 504. The molecule has 1 N–H and O–H groups in total. The molecule has 0 aromatic carbocycles. The lowest BCUT2D eigenvalue weighted by Crippen LogP contribution is -2.04. The van der Waals surface area contributed by atoms with Crippen LogP contribution in [-0.2, 0) is 9.53 Å². The SMILES string of the molecule is C#CCC/C=C(\C)CC/C=C(\CC/C=C(\C)CCCCO)C(=O)OC. The van der Waals surface area contributed by atoms with E-state index < -0.39 is 0 Å². The summed E-state index contributed by atoms with van der Waals surface area (Å²) in [6.45, 7) is 4.45. The van der Waals surface area contributed by atoms with E-state index in [2.05, 4.69) is 31.9 Å². The molecule has 25 heavy (non-hydrogen) atoms. The fourth-order valence-corrected chi connectivity index (χ4v) is 2.49. The highest BCUT2D eigenvalue weighted by Crippen LogP contribution is 2.15. The average Bonchev–Trinajstić information content (AvgIpc) is 2.60. The molecule has 0 aliphatic heterocycles. The second-order valence-corrected chi connectivity index (χ2v) is 6.32. The van der Waals surface area contributed by atoms with Gasteiger partial charge in [-0.3, -0.25) is 0 Å². The Morgan fingerprint density at radius 1 is 1.00 bits per heavy atom. The summed E-state index contributed by atoms with van der Waals surface area (Å²) in [5.41, 5.74) is 3.36. The Hall–Kier alpha value is -1.79. The van der Waals surface area contributed by atoms with Gasteiger partial charge in [0.05, 0.1) is 7.11 Å². The van der Waals surface area contributed by atoms with Crippen LogP contribution in [0.25, 0.3) is 0 Å². The third-order valence-electron chi connectivity index (χ3n) is 4.04. The fraction of sp³-hybridized carbons (Fsp3) is 0.591. The van der Waals surface area contributed by atoms with Gasteiger partial charge in [0.15, 0.2) is 0 Å². The van der Waals surface area contributed by atoms with Gasteiger partial charge in [-0.15, -0.1) is 12.3 Å². The average molecular weight is 347 g/mol. The summed E-state index contributed by atoms with van der Waals surface area (Å²) in [6.07, 6.45) is 19.4. The summed E-state index contributed by atoms with van der Waals surface area (Å²) in [5.74, 6) is 2.40.